The largest absolute Gasteiger partial charge is 0.396 e. The van der Waals surface area contributed by atoms with E-state index in [-0.39, 0.29) is 24.4 Å². The lowest BCUT2D eigenvalue weighted by molar-refractivity contribution is 0.215. The highest BCUT2D eigenvalue weighted by molar-refractivity contribution is 5.32. The molecule has 122 valence electrons. The van der Waals surface area contributed by atoms with Crippen LogP contribution in [0, 0.1) is 11.7 Å². The molecule has 0 aliphatic heterocycles. The summed E-state index contributed by atoms with van der Waals surface area (Å²) in [6, 6.07) is 11.2. The van der Waals surface area contributed by atoms with Gasteiger partial charge in [-0.2, -0.15) is 0 Å². The van der Waals surface area contributed by atoms with Crippen molar-refractivity contribution in [3.05, 3.63) is 65.2 Å². The molecule has 1 aliphatic rings. The van der Waals surface area contributed by atoms with Crippen molar-refractivity contribution in [2.75, 3.05) is 13.2 Å². The van der Waals surface area contributed by atoms with Gasteiger partial charge in [0.25, 0.3) is 0 Å². The van der Waals surface area contributed by atoms with Crippen LogP contribution in [-0.2, 0) is 12.8 Å². The Morgan fingerprint density at radius 3 is 3.00 bits per heavy atom. The molecular formula is C19H23FN2O. The van der Waals surface area contributed by atoms with E-state index in [1.165, 1.54) is 11.6 Å². The monoisotopic (exact) mass is 314 g/mol. The molecule has 1 aliphatic carbocycles. The fourth-order valence-electron chi connectivity index (χ4n) is 3.32. The number of rotatable bonds is 6. The number of halogens is 1. The van der Waals surface area contributed by atoms with Crippen molar-refractivity contribution in [2.24, 2.45) is 5.92 Å². The lowest BCUT2D eigenvalue weighted by Crippen LogP contribution is -2.32. The third-order valence-corrected chi connectivity index (χ3v) is 4.55. The van der Waals surface area contributed by atoms with Gasteiger partial charge in [-0.25, -0.2) is 4.39 Å². The third-order valence-electron chi connectivity index (χ3n) is 4.55. The molecule has 1 aromatic carbocycles. The lowest BCUT2D eigenvalue weighted by atomic mass is 9.87. The molecule has 0 saturated heterocycles. The molecule has 3 rings (SSSR count). The van der Waals surface area contributed by atoms with Crippen molar-refractivity contribution < 1.29 is 9.50 Å². The van der Waals surface area contributed by atoms with Crippen molar-refractivity contribution in [3.63, 3.8) is 0 Å². The van der Waals surface area contributed by atoms with E-state index in [9.17, 15) is 9.50 Å². The first-order valence-corrected chi connectivity index (χ1v) is 8.28. The first-order valence-electron chi connectivity index (χ1n) is 8.28. The van der Waals surface area contributed by atoms with Gasteiger partial charge in [0, 0.05) is 31.1 Å². The maximum Gasteiger partial charge on any atom is 0.123 e. The molecule has 2 aromatic rings. The third kappa shape index (κ3) is 4.15. The van der Waals surface area contributed by atoms with Crippen LogP contribution in [0.3, 0.4) is 0 Å². The standard InChI is InChI=1S/C19H23FN2O/c20-16-7-8-18-15(11-16)4-3-6-19(18)22-12-14(13-23)10-17-5-1-2-9-21-17/h1-2,5,7-9,11,14,19,22-23H,3-4,6,10,12-13H2/t14-,19-/m0/s1. The second-order valence-corrected chi connectivity index (χ2v) is 6.27. The Labute approximate surface area is 136 Å². The van der Waals surface area contributed by atoms with Crippen LogP contribution in [0.15, 0.2) is 42.6 Å². The van der Waals surface area contributed by atoms with Crippen LogP contribution in [0.25, 0.3) is 0 Å². The van der Waals surface area contributed by atoms with Crippen molar-refractivity contribution in [3.8, 4) is 0 Å². The van der Waals surface area contributed by atoms with Gasteiger partial charge in [-0.3, -0.25) is 4.98 Å². The Hall–Kier alpha value is -1.78. The van der Waals surface area contributed by atoms with Crippen LogP contribution in [0.1, 0.15) is 35.7 Å². The SMILES string of the molecule is OC[C@H](CN[C@H]1CCCc2cc(F)ccc21)Cc1ccccn1. The number of nitrogens with one attached hydrogen (secondary N) is 1. The summed E-state index contributed by atoms with van der Waals surface area (Å²) in [6.07, 6.45) is 5.61. The highest BCUT2D eigenvalue weighted by Gasteiger charge is 2.21. The number of nitrogens with zero attached hydrogens (tertiary/aromatic N) is 1. The quantitative estimate of drug-likeness (QED) is 0.861. The lowest BCUT2D eigenvalue weighted by Gasteiger charge is -2.28. The summed E-state index contributed by atoms with van der Waals surface area (Å²) in [7, 11) is 0. The fraction of sp³-hybridized carbons (Fsp3) is 0.421. The van der Waals surface area contributed by atoms with Crippen LogP contribution in [-0.4, -0.2) is 23.2 Å². The average Bonchev–Trinajstić information content (AvgIpc) is 2.59. The number of hydrogen-bond acceptors (Lipinski definition) is 3. The zero-order valence-electron chi connectivity index (χ0n) is 13.2. The van der Waals surface area contributed by atoms with E-state index in [2.05, 4.69) is 10.3 Å². The Bertz CT molecular complexity index is 633. The van der Waals surface area contributed by atoms with Crippen LogP contribution in [0.5, 0.6) is 0 Å². The molecule has 2 N–H and O–H groups in total. The zero-order valence-corrected chi connectivity index (χ0v) is 13.2. The van der Waals surface area contributed by atoms with Gasteiger partial charge < -0.3 is 10.4 Å². The molecule has 0 fully saturated rings. The summed E-state index contributed by atoms with van der Waals surface area (Å²) in [4.78, 5) is 4.33. The minimum absolute atomic E-state index is 0.132. The van der Waals surface area contributed by atoms with Crippen molar-refractivity contribution in [2.45, 2.75) is 31.7 Å². The predicted molar refractivity (Wildman–Crippen MR) is 88.6 cm³/mol. The van der Waals surface area contributed by atoms with Gasteiger partial charge in [0.15, 0.2) is 0 Å². The van der Waals surface area contributed by atoms with Gasteiger partial charge in [-0.15, -0.1) is 0 Å². The number of aromatic nitrogens is 1. The molecular weight excluding hydrogens is 291 g/mol. The molecule has 0 unspecified atom stereocenters. The van der Waals surface area contributed by atoms with Crippen LogP contribution in [0.4, 0.5) is 4.39 Å². The number of benzene rings is 1. The molecule has 23 heavy (non-hydrogen) atoms. The zero-order chi connectivity index (χ0) is 16.1. The topological polar surface area (TPSA) is 45.1 Å². The molecule has 0 amide bonds. The van der Waals surface area contributed by atoms with E-state index in [0.717, 1.165) is 43.5 Å². The highest BCUT2D eigenvalue weighted by atomic mass is 19.1. The molecule has 2 atom stereocenters. The predicted octanol–water partition coefficient (Wildman–Crippen LogP) is 3.04. The number of aliphatic hydroxyl groups excluding tert-OH is 1. The van der Waals surface area contributed by atoms with Crippen LogP contribution in [0.2, 0.25) is 0 Å². The van der Waals surface area contributed by atoms with E-state index in [1.54, 1.807) is 12.3 Å². The Balaban J connectivity index is 1.61. The summed E-state index contributed by atoms with van der Waals surface area (Å²) in [5.74, 6) is -0.0245. The number of aliphatic hydroxyl groups is 1. The maximum atomic E-state index is 13.4. The van der Waals surface area contributed by atoms with Gasteiger partial charge >= 0.3 is 0 Å². The second-order valence-electron chi connectivity index (χ2n) is 6.27. The summed E-state index contributed by atoms with van der Waals surface area (Å²) in [6.45, 7) is 0.862. The van der Waals surface area contributed by atoms with E-state index in [1.807, 2.05) is 24.3 Å². The first-order chi connectivity index (χ1) is 11.3. The van der Waals surface area contributed by atoms with E-state index < -0.39 is 0 Å². The van der Waals surface area contributed by atoms with Gasteiger partial charge in [0.05, 0.1) is 0 Å². The van der Waals surface area contributed by atoms with Gasteiger partial charge in [0.1, 0.15) is 5.82 Å². The number of pyridine rings is 1. The van der Waals surface area contributed by atoms with Gasteiger partial charge in [-0.1, -0.05) is 12.1 Å². The van der Waals surface area contributed by atoms with E-state index in [4.69, 9.17) is 0 Å². The smallest absolute Gasteiger partial charge is 0.123 e. The van der Waals surface area contributed by atoms with Crippen molar-refractivity contribution in [1.29, 1.82) is 0 Å². The van der Waals surface area contributed by atoms with Crippen LogP contribution < -0.4 is 5.32 Å². The van der Waals surface area contributed by atoms with Gasteiger partial charge in [-0.05, 0) is 67.0 Å². The average molecular weight is 314 g/mol. The number of hydrogen-bond donors (Lipinski definition) is 2. The Kier molecular flexibility index (Phi) is 5.36. The Morgan fingerprint density at radius 1 is 1.30 bits per heavy atom. The summed E-state index contributed by atoms with van der Waals surface area (Å²) < 4.78 is 13.4. The summed E-state index contributed by atoms with van der Waals surface area (Å²) >= 11 is 0. The Morgan fingerprint density at radius 2 is 2.22 bits per heavy atom. The fourth-order valence-corrected chi connectivity index (χ4v) is 3.32. The van der Waals surface area contributed by atoms with Crippen LogP contribution >= 0.6 is 0 Å². The number of aryl methyl sites for hydroxylation is 1. The molecule has 1 heterocycles. The van der Waals surface area contributed by atoms with E-state index in [0.29, 0.717) is 0 Å². The van der Waals surface area contributed by atoms with Gasteiger partial charge in [0.2, 0.25) is 0 Å². The minimum Gasteiger partial charge on any atom is -0.396 e. The maximum absolute atomic E-state index is 13.4. The molecule has 4 heteroatoms. The minimum atomic E-state index is -0.159. The molecule has 1 aromatic heterocycles. The summed E-state index contributed by atoms with van der Waals surface area (Å²) in [5.41, 5.74) is 3.31. The molecule has 0 spiro atoms. The molecule has 3 nitrogen and oxygen atoms in total. The number of fused-ring (bicyclic) bond motifs is 1. The summed E-state index contributed by atoms with van der Waals surface area (Å²) in [5, 5.41) is 13.2. The van der Waals surface area contributed by atoms with E-state index >= 15 is 0 Å². The molecule has 0 radical (unpaired) electrons. The van der Waals surface area contributed by atoms with Crippen molar-refractivity contribution >= 4 is 0 Å². The second kappa shape index (κ2) is 7.66. The molecule has 0 saturated carbocycles. The first kappa shape index (κ1) is 16.1. The molecule has 0 bridgehead atoms. The highest BCUT2D eigenvalue weighted by Crippen LogP contribution is 2.30. The van der Waals surface area contributed by atoms with Crippen molar-refractivity contribution in [1.82, 2.24) is 10.3 Å². The normalized spacial score (nSPS) is 18.4.